The summed E-state index contributed by atoms with van der Waals surface area (Å²) in [5.74, 6) is -0.0590. The third kappa shape index (κ3) is 2.78. The van der Waals surface area contributed by atoms with E-state index in [4.69, 9.17) is 9.84 Å². The zero-order valence-corrected chi connectivity index (χ0v) is 10.6. The molecule has 0 saturated heterocycles. The van der Waals surface area contributed by atoms with Crippen LogP contribution in [-0.4, -0.2) is 38.7 Å². The van der Waals surface area contributed by atoms with Crippen molar-refractivity contribution in [2.45, 2.75) is 37.1 Å². The first-order valence-electron chi connectivity index (χ1n) is 5.45. The van der Waals surface area contributed by atoms with E-state index in [1.54, 1.807) is 7.11 Å². The Bertz CT molecular complexity index is 417. The zero-order valence-electron chi connectivity index (χ0n) is 9.79. The molecule has 1 aliphatic rings. The standard InChI is InChI=1S/C10H15N3O3S/c1-6(16-2)9-11-12-10(17-5-8(14)15)13(9)7-3-4-7/h6-7H,3-5H2,1-2H3,(H,14,15). The van der Waals surface area contributed by atoms with Gasteiger partial charge in [0, 0.05) is 13.2 Å². The molecule has 1 N–H and O–H groups in total. The van der Waals surface area contributed by atoms with Crippen LogP contribution in [0.15, 0.2) is 5.16 Å². The highest BCUT2D eigenvalue weighted by atomic mass is 32.2. The van der Waals surface area contributed by atoms with Gasteiger partial charge in [0.1, 0.15) is 6.10 Å². The van der Waals surface area contributed by atoms with Crippen molar-refractivity contribution < 1.29 is 14.6 Å². The highest BCUT2D eigenvalue weighted by molar-refractivity contribution is 7.99. The van der Waals surface area contributed by atoms with Crippen LogP contribution in [-0.2, 0) is 9.53 Å². The van der Waals surface area contributed by atoms with E-state index in [1.807, 2.05) is 11.5 Å². The number of aromatic nitrogens is 3. The summed E-state index contributed by atoms with van der Waals surface area (Å²) in [4.78, 5) is 10.6. The largest absolute Gasteiger partial charge is 0.481 e. The minimum absolute atomic E-state index is 0.00617. The summed E-state index contributed by atoms with van der Waals surface area (Å²) >= 11 is 1.21. The number of ether oxygens (including phenoxy) is 1. The average Bonchev–Trinajstić information content (AvgIpc) is 3.05. The van der Waals surface area contributed by atoms with Gasteiger partial charge < -0.3 is 14.4 Å². The van der Waals surface area contributed by atoms with Gasteiger partial charge in [-0.3, -0.25) is 4.79 Å². The molecule has 0 radical (unpaired) electrons. The lowest BCUT2D eigenvalue weighted by molar-refractivity contribution is -0.133. The van der Waals surface area contributed by atoms with Gasteiger partial charge in [-0.25, -0.2) is 0 Å². The van der Waals surface area contributed by atoms with Gasteiger partial charge in [-0.15, -0.1) is 10.2 Å². The van der Waals surface area contributed by atoms with Crippen molar-refractivity contribution in [2.75, 3.05) is 12.9 Å². The summed E-state index contributed by atoms with van der Waals surface area (Å²) in [7, 11) is 1.63. The highest BCUT2D eigenvalue weighted by Crippen LogP contribution is 2.40. The summed E-state index contributed by atoms with van der Waals surface area (Å²) in [6.07, 6.45) is 2.08. The third-order valence-corrected chi connectivity index (χ3v) is 3.57. The maximum Gasteiger partial charge on any atom is 0.313 e. The molecule has 0 spiro atoms. The van der Waals surface area contributed by atoms with E-state index in [1.165, 1.54) is 11.8 Å². The van der Waals surface area contributed by atoms with Gasteiger partial charge >= 0.3 is 5.97 Å². The Morgan fingerprint density at radius 2 is 2.35 bits per heavy atom. The fraction of sp³-hybridized carbons (Fsp3) is 0.700. The molecule has 1 aromatic rings. The number of hydrogen-bond donors (Lipinski definition) is 1. The Morgan fingerprint density at radius 3 is 2.88 bits per heavy atom. The number of nitrogens with zero attached hydrogens (tertiary/aromatic N) is 3. The second-order valence-electron chi connectivity index (χ2n) is 4.00. The van der Waals surface area contributed by atoms with Crippen LogP contribution in [0.3, 0.4) is 0 Å². The number of methoxy groups -OCH3 is 1. The van der Waals surface area contributed by atoms with Crippen LogP contribution in [0.5, 0.6) is 0 Å². The van der Waals surface area contributed by atoms with Crippen LogP contribution >= 0.6 is 11.8 Å². The Hall–Kier alpha value is -1.08. The van der Waals surface area contributed by atoms with E-state index in [2.05, 4.69) is 10.2 Å². The number of thioether (sulfide) groups is 1. The van der Waals surface area contributed by atoms with E-state index < -0.39 is 5.97 Å². The van der Waals surface area contributed by atoms with E-state index >= 15 is 0 Å². The van der Waals surface area contributed by atoms with Crippen LogP contribution in [0.2, 0.25) is 0 Å². The molecule has 2 rings (SSSR count). The molecular formula is C10H15N3O3S. The SMILES string of the molecule is COC(C)c1nnc(SCC(=O)O)n1C1CC1. The first-order valence-corrected chi connectivity index (χ1v) is 6.44. The number of carbonyl (C=O) groups is 1. The van der Waals surface area contributed by atoms with Gasteiger partial charge in [0.05, 0.1) is 5.75 Å². The Morgan fingerprint density at radius 1 is 1.65 bits per heavy atom. The molecule has 0 amide bonds. The van der Waals surface area contributed by atoms with Crippen molar-refractivity contribution in [2.24, 2.45) is 0 Å². The molecular weight excluding hydrogens is 242 g/mol. The zero-order chi connectivity index (χ0) is 12.4. The van der Waals surface area contributed by atoms with Crippen LogP contribution in [0.1, 0.15) is 37.7 Å². The second kappa shape index (κ2) is 5.05. The van der Waals surface area contributed by atoms with E-state index in [0.29, 0.717) is 11.2 Å². The van der Waals surface area contributed by atoms with E-state index in [-0.39, 0.29) is 11.9 Å². The van der Waals surface area contributed by atoms with Crippen LogP contribution in [0.4, 0.5) is 0 Å². The van der Waals surface area contributed by atoms with Gasteiger partial charge in [-0.1, -0.05) is 11.8 Å². The van der Waals surface area contributed by atoms with Crippen molar-refractivity contribution in [3.63, 3.8) is 0 Å². The Kier molecular flexibility index (Phi) is 3.68. The molecule has 1 atom stereocenters. The topological polar surface area (TPSA) is 77.2 Å². The predicted octanol–water partition coefficient (Wildman–Crippen LogP) is 1.50. The summed E-state index contributed by atoms with van der Waals surface area (Å²) < 4.78 is 7.26. The molecule has 0 aromatic carbocycles. The average molecular weight is 257 g/mol. The quantitative estimate of drug-likeness (QED) is 0.778. The predicted molar refractivity (Wildman–Crippen MR) is 62.1 cm³/mol. The maximum atomic E-state index is 10.6. The minimum atomic E-state index is -0.846. The van der Waals surface area contributed by atoms with E-state index in [0.717, 1.165) is 18.7 Å². The number of rotatable bonds is 6. The van der Waals surface area contributed by atoms with E-state index in [9.17, 15) is 4.79 Å². The molecule has 1 fully saturated rings. The summed E-state index contributed by atoms with van der Waals surface area (Å²) in [5, 5.41) is 17.5. The maximum absolute atomic E-state index is 10.6. The summed E-state index contributed by atoms with van der Waals surface area (Å²) in [5.41, 5.74) is 0. The smallest absolute Gasteiger partial charge is 0.313 e. The third-order valence-electron chi connectivity index (χ3n) is 2.64. The van der Waals surface area contributed by atoms with Crippen LogP contribution in [0, 0.1) is 0 Å². The highest BCUT2D eigenvalue weighted by Gasteiger charge is 2.31. The lowest BCUT2D eigenvalue weighted by atomic mass is 10.4. The first kappa shape index (κ1) is 12.4. The Balaban J connectivity index is 2.20. The molecule has 1 unspecified atom stereocenters. The van der Waals surface area contributed by atoms with Crippen molar-refractivity contribution in [3.05, 3.63) is 5.82 Å². The van der Waals surface area contributed by atoms with Crippen LogP contribution < -0.4 is 0 Å². The van der Waals surface area contributed by atoms with Crippen molar-refractivity contribution >= 4 is 17.7 Å². The van der Waals surface area contributed by atoms with Gasteiger partial charge in [0.25, 0.3) is 0 Å². The fourth-order valence-corrected chi connectivity index (χ4v) is 2.30. The van der Waals surface area contributed by atoms with Crippen molar-refractivity contribution in [3.8, 4) is 0 Å². The van der Waals surface area contributed by atoms with Gasteiger partial charge in [0.2, 0.25) is 0 Å². The van der Waals surface area contributed by atoms with Gasteiger partial charge in [-0.05, 0) is 19.8 Å². The number of carboxylic acid groups (broad SMARTS) is 1. The van der Waals surface area contributed by atoms with Crippen LogP contribution in [0.25, 0.3) is 0 Å². The lowest BCUT2D eigenvalue weighted by Gasteiger charge is -2.12. The first-order chi connectivity index (χ1) is 8.13. The molecule has 1 aromatic heterocycles. The molecule has 0 aliphatic heterocycles. The monoisotopic (exact) mass is 257 g/mol. The summed E-state index contributed by atoms with van der Waals surface area (Å²) in [6, 6.07) is 0.411. The normalized spacial score (nSPS) is 17.1. The Labute approximate surface area is 103 Å². The molecule has 1 heterocycles. The number of carboxylic acids is 1. The molecule has 17 heavy (non-hydrogen) atoms. The fourth-order valence-electron chi connectivity index (χ4n) is 1.57. The molecule has 6 nitrogen and oxygen atoms in total. The van der Waals surface area contributed by atoms with Gasteiger partial charge in [0.15, 0.2) is 11.0 Å². The minimum Gasteiger partial charge on any atom is -0.481 e. The van der Waals surface area contributed by atoms with Gasteiger partial charge in [-0.2, -0.15) is 0 Å². The summed E-state index contributed by atoms with van der Waals surface area (Å²) in [6.45, 7) is 1.91. The molecule has 1 aliphatic carbocycles. The van der Waals surface area contributed by atoms with Crippen molar-refractivity contribution in [1.29, 1.82) is 0 Å². The number of hydrogen-bond acceptors (Lipinski definition) is 5. The molecule has 0 bridgehead atoms. The molecule has 7 heteroatoms. The number of aliphatic carboxylic acids is 1. The molecule has 94 valence electrons. The second-order valence-corrected chi connectivity index (χ2v) is 4.94. The lowest BCUT2D eigenvalue weighted by Crippen LogP contribution is -2.09. The molecule has 1 saturated carbocycles. The van der Waals surface area contributed by atoms with Crippen molar-refractivity contribution in [1.82, 2.24) is 14.8 Å².